The van der Waals surface area contributed by atoms with Crippen LogP contribution in [0.15, 0.2) is 60.7 Å². The van der Waals surface area contributed by atoms with Gasteiger partial charge in [-0.25, -0.2) is 0 Å². The molecular weight excluding hydrogens is 484 g/mol. The molecule has 2 fully saturated rings. The summed E-state index contributed by atoms with van der Waals surface area (Å²) in [5.41, 5.74) is 5.68. The zero-order valence-corrected chi connectivity index (χ0v) is 22.1. The summed E-state index contributed by atoms with van der Waals surface area (Å²) in [5, 5.41) is 12.3. The molecule has 0 bridgehead atoms. The van der Waals surface area contributed by atoms with Gasteiger partial charge < -0.3 is 30.7 Å². The molecule has 204 valence electrons. The van der Waals surface area contributed by atoms with Crippen molar-refractivity contribution in [1.29, 1.82) is 0 Å². The summed E-state index contributed by atoms with van der Waals surface area (Å²) < 4.78 is 5.85. The monoisotopic (exact) mass is 522 g/mol. The quantitative estimate of drug-likeness (QED) is 0.455. The first-order valence-electron chi connectivity index (χ1n) is 13.1. The van der Waals surface area contributed by atoms with Crippen molar-refractivity contribution in [2.24, 2.45) is 11.1 Å². The average molecular weight is 523 g/mol. The Kier molecular flexibility index (Phi) is 8.50. The van der Waals surface area contributed by atoms with E-state index in [2.05, 4.69) is 5.32 Å². The van der Waals surface area contributed by atoms with Crippen LogP contribution in [0.3, 0.4) is 0 Å². The fraction of sp³-hybridized carbons (Fsp3) is 0.483. The fourth-order valence-electron chi connectivity index (χ4n) is 5.56. The lowest BCUT2D eigenvalue weighted by atomic mass is 9.69. The molecule has 0 aliphatic carbocycles. The number of rotatable bonds is 9. The first kappa shape index (κ1) is 27.8. The van der Waals surface area contributed by atoms with Crippen molar-refractivity contribution < 1.29 is 24.2 Å². The van der Waals surface area contributed by atoms with Crippen molar-refractivity contribution in [2.75, 3.05) is 39.9 Å². The molecule has 2 aliphatic heterocycles. The van der Waals surface area contributed by atoms with Gasteiger partial charge in [0.1, 0.15) is 11.6 Å². The largest absolute Gasteiger partial charge is 0.394 e. The number of amides is 3. The van der Waals surface area contributed by atoms with E-state index in [9.17, 15) is 19.5 Å². The number of hydrogen-bond acceptors (Lipinski definition) is 6. The third kappa shape index (κ3) is 5.75. The van der Waals surface area contributed by atoms with Crippen LogP contribution >= 0.6 is 0 Å². The lowest BCUT2D eigenvalue weighted by molar-refractivity contribution is -0.147. The van der Waals surface area contributed by atoms with Crippen molar-refractivity contribution in [3.8, 4) is 0 Å². The van der Waals surface area contributed by atoms with E-state index in [4.69, 9.17) is 10.5 Å². The Labute approximate surface area is 223 Å². The standard InChI is InChI=1S/C29H38N4O5/c1-28(30,20-34)26(36)31-24(18-38-17-21-10-5-3-6-11-21)25(35)33-15-9-14-29(19-33)23(16-32(2)27(29)37)22-12-7-4-8-13-22/h3-8,10-13,23-24,34H,9,14-20,30H2,1-2H3,(H,31,36)/t23-,24+,28+,29-/m0/s1. The highest BCUT2D eigenvalue weighted by Gasteiger charge is 2.55. The SMILES string of the molecule is CN1C[C@@H](c2ccccc2)[C@@]2(CCCN(C(=O)[C@@H](COCc3ccccc3)NC(=O)[C@](C)(N)CO)C2)C1=O. The number of aliphatic hydroxyl groups is 1. The van der Waals surface area contributed by atoms with Gasteiger partial charge >= 0.3 is 0 Å². The van der Waals surface area contributed by atoms with E-state index < -0.39 is 29.5 Å². The molecule has 0 unspecified atom stereocenters. The summed E-state index contributed by atoms with van der Waals surface area (Å²) in [4.78, 5) is 43.7. The first-order valence-corrected chi connectivity index (χ1v) is 13.1. The van der Waals surface area contributed by atoms with Gasteiger partial charge in [0.2, 0.25) is 17.7 Å². The van der Waals surface area contributed by atoms with Crippen LogP contribution in [0.2, 0.25) is 0 Å². The van der Waals surface area contributed by atoms with Crippen molar-refractivity contribution in [3.63, 3.8) is 0 Å². The number of nitrogens with two attached hydrogens (primary N) is 1. The van der Waals surface area contributed by atoms with Crippen LogP contribution < -0.4 is 11.1 Å². The van der Waals surface area contributed by atoms with E-state index in [0.717, 1.165) is 11.1 Å². The van der Waals surface area contributed by atoms with Crippen LogP contribution in [-0.2, 0) is 25.7 Å². The Balaban J connectivity index is 1.55. The smallest absolute Gasteiger partial charge is 0.247 e. The Hall–Kier alpha value is -3.27. The summed E-state index contributed by atoms with van der Waals surface area (Å²) in [7, 11) is 1.81. The van der Waals surface area contributed by atoms with Crippen LogP contribution in [0.5, 0.6) is 0 Å². The van der Waals surface area contributed by atoms with E-state index in [1.165, 1.54) is 6.92 Å². The number of likely N-dealkylation sites (N-methyl/N-ethyl adjacent to an activating group) is 1. The van der Waals surface area contributed by atoms with E-state index in [1.54, 1.807) is 9.80 Å². The number of ether oxygens (including phenoxy) is 1. The predicted molar refractivity (Wildman–Crippen MR) is 143 cm³/mol. The van der Waals surface area contributed by atoms with E-state index >= 15 is 0 Å². The predicted octanol–water partition coefficient (Wildman–Crippen LogP) is 1.26. The number of benzene rings is 2. The van der Waals surface area contributed by atoms with E-state index in [-0.39, 0.29) is 37.5 Å². The molecular formula is C29H38N4O5. The minimum atomic E-state index is -1.55. The average Bonchev–Trinajstić information content (AvgIpc) is 3.17. The van der Waals surface area contributed by atoms with Gasteiger partial charge in [0.15, 0.2) is 0 Å². The molecule has 0 aromatic heterocycles. The third-order valence-corrected chi connectivity index (χ3v) is 7.78. The number of hydrogen-bond donors (Lipinski definition) is 3. The van der Waals surface area contributed by atoms with Crippen molar-refractivity contribution in [1.82, 2.24) is 15.1 Å². The molecule has 38 heavy (non-hydrogen) atoms. The summed E-state index contributed by atoms with van der Waals surface area (Å²) in [6.45, 7) is 2.36. The maximum atomic E-state index is 13.9. The van der Waals surface area contributed by atoms with Gasteiger partial charge in [-0.1, -0.05) is 60.7 Å². The number of nitrogens with one attached hydrogen (secondary N) is 1. The van der Waals surface area contributed by atoms with Crippen LogP contribution in [0.1, 0.15) is 36.8 Å². The van der Waals surface area contributed by atoms with Gasteiger partial charge in [-0.3, -0.25) is 14.4 Å². The van der Waals surface area contributed by atoms with Gasteiger partial charge in [-0.2, -0.15) is 0 Å². The Morgan fingerprint density at radius 2 is 1.84 bits per heavy atom. The van der Waals surface area contributed by atoms with Gasteiger partial charge in [0.25, 0.3) is 0 Å². The molecule has 9 heteroatoms. The lowest BCUT2D eigenvalue weighted by Gasteiger charge is -2.43. The molecule has 2 aromatic rings. The Bertz CT molecular complexity index is 1130. The molecule has 4 atom stereocenters. The maximum Gasteiger partial charge on any atom is 0.247 e. The van der Waals surface area contributed by atoms with Crippen molar-refractivity contribution in [3.05, 3.63) is 71.8 Å². The third-order valence-electron chi connectivity index (χ3n) is 7.78. The van der Waals surface area contributed by atoms with Crippen LogP contribution in [0.25, 0.3) is 0 Å². The van der Waals surface area contributed by atoms with Gasteiger partial charge in [0.05, 0.1) is 25.2 Å². The molecule has 2 aromatic carbocycles. The second-order valence-electron chi connectivity index (χ2n) is 10.8. The zero-order chi connectivity index (χ0) is 27.3. The molecule has 0 radical (unpaired) electrons. The van der Waals surface area contributed by atoms with Crippen molar-refractivity contribution >= 4 is 17.7 Å². The fourth-order valence-corrected chi connectivity index (χ4v) is 5.56. The summed E-state index contributed by atoms with van der Waals surface area (Å²) in [5.74, 6) is -0.971. The topological polar surface area (TPSA) is 125 Å². The minimum Gasteiger partial charge on any atom is -0.394 e. The molecule has 0 saturated carbocycles. The van der Waals surface area contributed by atoms with Crippen LogP contribution in [0, 0.1) is 5.41 Å². The highest BCUT2D eigenvalue weighted by molar-refractivity contribution is 5.93. The highest BCUT2D eigenvalue weighted by Crippen LogP contribution is 2.49. The lowest BCUT2D eigenvalue weighted by Crippen LogP contribution is -2.62. The van der Waals surface area contributed by atoms with Gasteiger partial charge in [-0.05, 0) is 30.9 Å². The van der Waals surface area contributed by atoms with E-state index in [1.807, 2.05) is 67.7 Å². The molecule has 9 nitrogen and oxygen atoms in total. The molecule has 3 amide bonds. The zero-order valence-electron chi connectivity index (χ0n) is 22.1. The minimum absolute atomic E-state index is 0.0408. The summed E-state index contributed by atoms with van der Waals surface area (Å²) in [6, 6.07) is 18.5. The van der Waals surface area contributed by atoms with Crippen LogP contribution in [-0.4, -0.2) is 84.1 Å². The summed E-state index contributed by atoms with van der Waals surface area (Å²) in [6.07, 6.45) is 1.36. The number of aliphatic hydroxyl groups excluding tert-OH is 1. The molecule has 2 aliphatic rings. The molecule has 4 N–H and O–H groups in total. The Morgan fingerprint density at radius 1 is 1.18 bits per heavy atom. The second-order valence-corrected chi connectivity index (χ2v) is 10.8. The normalized spacial score (nSPS) is 23.8. The Morgan fingerprint density at radius 3 is 2.50 bits per heavy atom. The number of likely N-dealkylation sites (tertiary alicyclic amines) is 2. The molecule has 2 heterocycles. The molecule has 4 rings (SSSR count). The van der Waals surface area contributed by atoms with Gasteiger partial charge in [0, 0.05) is 32.6 Å². The van der Waals surface area contributed by atoms with Crippen LogP contribution in [0.4, 0.5) is 0 Å². The van der Waals surface area contributed by atoms with Crippen molar-refractivity contribution in [2.45, 2.75) is 43.9 Å². The number of nitrogens with zero attached hydrogens (tertiary/aromatic N) is 2. The number of carbonyl (C=O) groups is 3. The highest BCUT2D eigenvalue weighted by atomic mass is 16.5. The first-order chi connectivity index (χ1) is 18.2. The van der Waals surface area contributed by atoms with E-state index in [0.29, 0.717) is 25.9 Å². The number of piperidine rings is 1. The second kappa shape index (κ2) is 11.6. The number of carbonyl (C=O) groups excluding carboxylic acids is 3. The molecule has 1 spiro atoms. The summed E-state index contributed by atoms with van der Waals surface area (Å²) >= 11 is 0. The van der Waals surface area contributed by atoms with Gasteiger partial charge in [-0.15, -0.1) is 0 Å². The maximum absolute atomic E-state index is 13.9. The molecule has 2 saturated heterocycles.